The van der Waals surface area contributed by atoms with Crippen molar-refractivity contribution in [3.63, 3.8) is 0 Å². The number of aromatic amines is 1. The number of aryl methyl sites for hydroxylation is 4. The highest BCUT2D eigenvalue weighted by molar-refractivity contribution is 7.80. The summed E-state index contributed by atoms with van der Waals surface area (Å²) in [6, 6.07) is 6.89. The van der Waals surface area contributed by atoms with Crippen LogP contribution in [0.25, 0.3) is 11.2 Å². The molecule has 0 saturated carbocycles. The smallest absolute Gasteiger partial charge is 0.177 e. The van der Waals surface area contributed by atoms with Gasteiger partial charge in [0.15, 0.2) is 5.65 Å². The highest BCUT2D eigenvalue weighted by atomic mass is 32.1. The molecule has 3 rings (SSSR count). The number of aromatic nitrogens is 4. The maximum atomic E-state index is 4.52. The molecule has 0 aliphatic carbocycles. The second-order valence-corrected chi connectivity index (χ2v) is 8.06. The number of hydrogen-bond acceptors (Lipinski definition) is 5. The van der Waals surface area contributed by atoms with Crippen LogP contribution in [0.3, 0.4) is 0 Å². The highest BCUT2D eigenvalue weighted by Crippen LogP contribution is 2.23. The molecule has 0 amide bonds. The predicted molar refractivity (Wildman–Crippen MR) is 119 cm³/mol. The van der Waals surface area contributed by atoms with Gasteiger partial charge in [0.05, 0.1) is 5.52 Å². The molecule has 0 aliphatic rings. The summed E-state index contributed by atoms with van der Waals surface area (Å²) < 4.78 is 0. The Hall–Kier alpha value is -1.92. The van der Waals surface area contributed by atoms with Crippen molar-refractivity contribution in [2.45, 2.75) is 53.0 Å². The number of unbranched alkanes of at least 4 members (excludes halogenated alkanes) is 1. The summed E-state index contributed by atoms with van der Waals surface area (Å²) in [5.74, 6) is 1.76. The van der Waals surface area contributed by atoms with Crippen LogP contribution in [-0.2, 0) is 6.42 Å². The second-order valence-electron chi connectivity index (χ2n) is 7.61. The molecule has 3 aromatic rings. The summed E-state index contributed by atoms with van der Waals surface area (Å²) in [6.45, 7) is 10.4. The van der Waals surface area contributed by atoms with Crippen molar-refractivity contribution in [3.05, 3.63) is 52.7 Å². The van der Waals surface area contributed by atoms with Gasteiger partial charge in [0.1, 0.15) is 5.82 Å². The van der Waals surface area contributed by atoms with Crippen LogP contribution in [0, 0.1) is 20.8 Å². The minimum absolute atomic E-state index is 0.304. The molecule has 1 atom stereocenters. The molecule has 150 valence electrons. The van der Waals surface area contributed by atoms with Crippen molar-refractivity contribution in [2.75, 3.05) is 18.8 Å². The molecule has 28 heavy (non-hydrogen) atoms. The molecule has 0 bridgehead atoms. The van der Waals surface area contributed by atoms with Gasteiger partial charge >= 0.3 is 0 Å². The third-order valence-electron chi connectivity index (χ3n) is 5.20. The maximum absolute atomic E-state index is 4.52. The van der Waals surface area contributed by atoms with Crippen molar-refractivity contribution < 1.29 is 0 Å². The quantitative estimate of drug-likeness (QED) is 0.409. The van der Waals surface area contributed by atoms with Crippen molar-refractivity contribution in [3.8, 4) is 0 Å². The van der Waals surface area contributed by atoms with E-state index in [0.29, 0.717) is 6.04 Å². The first kappa shape index (κ1) is 20.8. The molecule has 5 nitrogen and oxygen atoms in total. The lowest BCUT2D eigenvalue weighted by molar-refractivity contribution is 0.219. The van der Waals surface area contributed by atoms with Gasteiger partial charge in [-0.1, -0.05) is 0 Å². The Morgan fingerprint density at radius 3 is 2.50 bits per heavy atom. The van der Waals surface area contributed by atoms with E-state index in [-0.39, 0.29) is 0 Å². The summed E-state index contributed by atoms with van der Waals surface area (Å²) in [6.07, 6.45) is 5.41. The van der Waals surface area contributed by atoms with E-state index in [4.69, 9.17) is 0 Å². The van der Waals surface area contributed by atoms with Crippen LogP contribution in [0.1, 0.15) is 54.1 Å². The topological polar surface area (TPSA) is 57.7 Å². The Morgan fingerprint density at radius 2 is 1.79 bits per heavy atom. The molecule has 3 aromatic heterocycles. The zero-order valence-corrected chi connectivity index (χ0v) is 18.3. The number of nitrogens with zero attached hydrogens (tertiary/aromatic N) is 4. The minimum Gasteiger partial charge on any atom is -0.341 e. The Morgan fingerprint density at radius 1 is 1.04 bits per heavy atom. The number of nitrogens with one attached hydrogen (secondary N) is 1. The summed E-state index contributed by atoms with van der Waals surface area (Å²) >= 11 is 4.47. The summed E-state index contributed by atoms with van der Waals surface area (Å²) in [5, 5.41) is 0. The Kier molecular flexibility index (Phi) is 7.08. The number of pyridine rings is 2. The molecule has 0 saturated heterocycles. The standard InChI is InChI=1S/C22H31N5S/c1-15-11-19(12-16(2)24-15)7-5-6-8-27(9-10-28)17(3)20-13-21-22(23-14-20)26-18(4)25-21/h11-14,17,28H,5-10H2,1-4H3,(H,23,25,26). The number of H-pyrrole nitrogens is 1. The maximum Gasteiger partial charge on any atom is 0.177 e. The predicted octanol–water partition coefficient (Wildman–Crippen LogP) is 4.59. The molecule has 0 radical (unpaired) electrons. The van der Waals surface area contributed by atoms with E-state index in [9.17, 15) is 0 Å². The Bertz CT molecular complexity index is 900. The molecular formula is C22H31N5S. The van der Waals surface area contributed by atoms with E-state index >= 15 is 0 Å². The number of imidazole rings is 1. The summed E-state index contributed by atoms with van der Waals surface area (Å²) in [7, 11) is 0. The van der Waals surface area contributed by atoms with Gasteiger partial charge in [-0.3, -0.25) is 9.88 Å². The Labute approximate surface area is 173 Å². The molecule has 0 aliphatic heterocycles. The lowest BCUT2D eigenvalue weighted by atomic mass is 10.1. The summed E-state index contributed by atoms with van der Waals surface area (Å²) in [5.41, 5.74) is 6.63. The zero-order valence-electron chi connectivity index (χ0n) is 17.4. The molecular weight excluding hydrogens is 366 g/mol. The van der Waals surface area contributed by atoms with Gasteiger partial charge in [0, 0.05) is 35.9 Å². The van der Waals surface area contributed by atoms with Gasteiger partial charge in [0.2, 0.25) is 0 Å². The van der Waals surface area contributed by atoms with Crippen molar-refractivity contribution in [1.82, 2.24) is 24.8 Å². The fourth-order valence-electron chi connectivity index (χ4n) is 3.81. The first-order valence-electron chi connectivity index (χ1n) is 10.1. The van der Waals surface area contributed by atoms with E-state index in [2.05, 4.69) is 76.4 Å². The van der Waals surface area contributed by atoms with Crippen LogP contribution in [0.2, 0.25) is 0 Å². The van der Waals surface area contributed by atoms with Gasteiger partial charge < -0.3 is 4.98 Å². The molecule has 1 N–H and O–H groups in total. The molecule has 3 heterocycles. The average Bonchev–Trinajstić information content (AvgIpc) is 3.02. The number of thiol groups is 1. The van der Waals surface area contributed by atoms with Gasteiger partial charge in [-0.2, -0.15) is 12.6 Å². The van der Waals surface area contributed by atoms with Crippen molar-refractivity contribution in [2.24, 2.45) is 0 Å². The first-order valence-corrected chi connectivity index (χ1v) is 10.7. The average molecular weight is 398 g/mol. The van der Waals surface area contributed by atoms with Gasteiger partial charge in [-0.05, 0) is 82.8 Å². The van der Waals surface area contributed by atoms with E-state index in [1.807, 2.05) is 13.1 Å². The van der Waals surface area contributed by atoms with Crippen LogP contribution in [-0.4, -0.2) is 43.7 Å². The molecule has 0 aromatic carbocycles. The Balaban J connectivity index is 1.59. The molecule has 0 spiro atoms. The van der Waals surface area contributed by atoms with Crippen molar-refractivity contribution >= 4 is 23.8 Å². The lowest BCUT2D eigenvalue weighted by Crippen LogP contribution is -2.30. The van der Waals surface area contributed by atoms with E-state index < -0.39 is 0 Å². The van der Waals surface area contributed by atoms with E-state index in [1.165, 1.54) is 17.5 Å². The van der Waals surface area contributed by atoms with E-state index in [0.717, 1.165) is 60.1 Å². The molecule has 1 unspecified atom stereocenters. The van der Waals surface area contributed by atoms with Gasteiger partial charge in [0.25, 0.3) is 0 Å². The van der Waals surface area contributed by atoms with Crippen LogP contribution >= 0.6 is 12.6 Å². The number of hydrogen-bond donors (Lipinski definition) is 2. The lowest BCUT2D eigenvalue weighted by Gasteiger charge is -2.28. The molecule has 0 fully saturated rings. The zero-order chi connectivity index (χ0) is 20.1. The minimum atomic E-state index is 0.304. The third kappa shape index (κ3) is 5.32. The van der Waals surface area contributed by atoms with Crippen LogP contribution in [0.4, 0.5) is 0 Å². The largest absolute Gasteiger partial charge is 0.341 e. The SMILES string of the molecule is Cc1cc(CCCCN(CCS)C(C)c2cnc3nc(C)[nH]c3c2)cc(C)n1. The molecule has 6 heteroatoms. The van der Waals surface area contributed by atoms with Crippen LogP contribution < -0.4 is 0 Å². The van der Waals surface area contributed by atoms with Crippen LogP contribution in [0.5, 0.6) is 0 Å². The highest BCUT2D eigenvalue weighted by Gasteiger charge is 2.16. The monoisotopic (exact) mass is 397 g/mol. The van der Waals surface area contributed by atoms with Crippen LogP contribution in [0.15, 0.2) is 24.4 Å². The summed E-state index contributed by atoms with van der Waals surface area (Å²) in [4.78, 5) is 19.2. The van der Waals surface area contributed by atoms with Crippen molar-refractivity contribution in [1.29, 1.82) is 0 Å². The van der Waals surface area contributed by atoms with Gasteiger partial charge in [-0.15, -0.1) is 0 Å². The normalized spacial score (nSPS) is 12.8. The third-order valence-corrected chi connectivity index (χ3v) is 5.40. The fraction of sp³-hybridized carbons (Fsp3) is 0.500. The fourth-order valence-corrected chi connectivity index (χ4v) is 4.07. The van der Waals surface area contributed by atoms with Gasteiger partial charge in [-0.25, -0.2) is 9.97 Å². The first-order chi connectivity index (χ1) is 13.5. The second kappa shape index (κ2) is 9.52. The van der Waals surface area contributed by atoms with E-state index in [1.54, 1.807) is 0 Å². The number of fused-ring (bicyclic) bond motifs is 1. The number of rotatable bonds is 9.